The molecule has 0 saturated heterocycles. The molecule has 1 amide bonds. The highest BCUT2D eigenvalue weighted by Gasteiger charge is 2.68. The molecule has 1 aromatic rings. The summed E-state index contributed by atoms with van der Waals surface area (Å²) in [6, 6.07) is 9.22. The van der Waals surface area contributed by atoms with E-state index in [1.54, 1.807) is 0 Å². The van der Waals surface area contributed by atoms with Gasteiger partial charge in [0.25, 0.3) is 5.91 Å². The average Bonchev–Trinajstić information content (AvgIpc) is 3.25. The Morgan fingerprint density at radius 1 is 1.12 bits per heavy atom. The Bertz CT molecular complexity index is 1300. The summed E-state index contributed by atoms with van der Waals surface area (Å²) in [5.74, 6) is -1.97. The minimum absolute atomic E-state index is 0.00578. The standard InChI is InChI=1S/C33H44N2O8/c1-31-12-10-23(35-43-19-28(39)34-17-21(14-29(40)41)20-6-4-3-5-7-20)15-22(31)8-9-24-25-11-13-33(42,27(38)18-36)32(25,2)16-26(37)30(24)31/h3-7,15,21,24-26,30,36-37,42H,8-14,16-19H2,1-2H3,(H,34,39)(H,40,41)/b35-23+/t21-,24+,25+,26+,30-,31+,32+,33+/m1/s1. The Morgan fingerprint density at radius 2 is 1.86 bits per heavy atom. The summed E-state index contributed by atoms with van der Waals surface area (Å²) in [7, 11) is 0. The van der Waals surface area contributed by atoms with E-state index in [1.807, 2.05) is 43.3 Å². The van der Waals surface area contributed by atoms with Crippen LogP contribution in [0.2, 0.25) is 0 Å². The Morgan fingerprint density at radius 3 is 2.56 bits per heavy atom. The number of hydrogen-bond acceptors (Lipinski definition) is 8. The van der Waals surface area contributed by atoms with Crippen LogP contribution in [0.1, 0.15) is 76.7 Å². The first kappa shape index (κ1) is 31.3. The van der Waals surface area contributed by atoms with Crippen molar-refractivity contribution in [1.82, 2.24) is 5.32 Å². The average molecular weight is 597 g/mol. The quantitative estimate of drug-likeness (QED) is 0.257. The highest BCUT2D eigenvalue weighted by atomic mass is 16.6. The second-order valence-electron chi connectivity index (χ2n) is 13.5. The highest BCUT2D eigenvalue weighted by molar-refractivity contribution is 5.96. The number of nitrogens with one attached hydrogen (secondary N) is 1. The fourth-order valence-corrected chi connectivity index (χ4v) is 9.07. The molecule has 1 aromatic carbocycles. The maximum Gasteiger partial charge on any atom is 0.304 e. The number of oxime groups is 1. The third kappa shape index (κ3) is 5.65. The summed E-state index contributed by atoms with van der Waals surface area (Å²) < 4.78 is 0. The number of ketones is 1. The summed E-state index contributed by atoms with van der Waals surface area (Å²) in [6.07, 6.45) is 5.63. The third-order valence-corrected chi connectivity index (χ3v) is 11.3. The molecule has 4 aliphatic carbocycles. The lowest BCUT2D eigenvalue weighted by molar-refractivity contribution is -0.181. The van der Waals surface area contributed by atoms with Crippen molar-refractivity contribution in [2.45, 2.75) is 82.8 Å². The monoisotopic (exact) mass is 596 g/mol. The van der Waals surface area contributed by atoms with E-state index in [4.69, 9.17) is 4.84 Å². The van der Waals surface area contributed by atoms with Crippen LogP contribution in [0.15, 0.2) is 47.1 Å². The van der Waals surface area contributed by atoms with Crippen LogP contribution in [-0.4, -0.2) is 75.3 Å². The van der Waals surface area contributed by atoms with E-state index in [0.717, 1.165) is 30.5 Å². The molecule has 0 unspecified atom stereocenters. The zero-order valence-electron chi connectivity index (χ0n) is 25.0. The second-order valence-corrected chi connectivity index (χ2v) is 13.5. The van der Waals surface area contributed by atoms with Crippen LogP contribution in [0, 0.1) is 28.6 Å². The van der Waals surface area contributed by atoms with E-state index in [-0.39, 0.29) is 54.6 Å². The molecule has 5 rings (SSSR count). The Labute approximate surface area is 252 Å². The molecule has 234 valence electrons. The SMILES string of the molecule is C[C@]12CC/C(=N\OCC(=O)NC[C@@H](CC(=O)O)c3ccccc3)C=C1CC[C@@H]1[C@@H]2[C@@H](O)C[C@@]2(C)[C@H]1CC[C@]2(O)C(=O)CO. The molecule has 8 atom stereocenters. The molecule has 3 fully saturated rings. The van der Waals surface area contributed by atoms with E-state index in [9.17, 15) is 34.8 Å². The lowest BCUT2D eigenvalue weighted by Crippen LogP contribution is -2.62. The van der Waals surface area contributed by atoms with Gasteiger partial charge >= 0.3 is 5.97 Å². The van der Waals surface area contributed by atoms with Gasteiger partial charge in [0.2, 0.25) is 0 Å². The molecule has 0 aromatic heterocycles. The van der Waals surface area contributed by atoms with Crippen molar-refractivity contribution in [2.24, 2.45) is 33.7 Å². The molecule has 5 N–H and O–H groups in total. The van der Waals surface area contributed by atoms with Crippen LogP contribution < -0.4 is 5.32 Å². The summed E-state index contributed by atoms with van der Waals surface area (Å²) in [5, 5.41) is 48.8. The molecule has 0 radical (unpaired) electrons. The number of aliphatic hydroxyl groups is 3. The number of rotatable bonds is 10. The van der Waals surface area contributed by atoms with Gasteiger partial charge in [-0.1, -0.05) is 54.9 Å². The number of amides is 1. The number of carboxylic acids is 1. The maximum absolute atomic E-state index is 12.6. The van der Waals surface area contributed by atoms with Crippen LogP contribution in [0.5, 0.6) is 0 Å². The number of fused-ring (bicyclic) bond motifs is 5. The van der Waals surface area contributed by atoms with Crippen LogP contribution in [-0.2, 0) is 19.2 Å². The molecular formula is C33H44N2O8. The van der Waals surface area contributed by atoms with Crippen molar-refractivity contribution in [3.8, 4) is 0 Å². The Balaban J connectivity index is 1.21. The number of Topliss-reactive ketones (excluding diaryl/α,β-unsaturated/α-hetero) is 1. The lowest BCUT2D eigenvalue weighted by atomic mass is 9.45. The molecule has 0 bridgehead atoms. The van der Waals surface area contributed by atoms with Gasteiger partial charge in [-0.2, -0.15) is 0 Å². The molecular weight excluding hydrogens is 552 g/mol. The van der Waals surface area contributed by atoms with E-state index in [1.165, 1.54) is 5.57 Å². The summed E-state index contributed by atoms with van der Waals surface area (Å²) in [6.45, 7) is 3.31. The van der Waals surface area contributed by atoms with Crippen LogP contribution in [0.4, 0.5) is 0 Å². The number of aliphatic carboxylic acids is 1. The van der Waals surface area contributed by atoms with Crippen LogP contribution >= 0.6 is 0 Å². The molecule has 10 nitrogen and oxygen atoms in total. The van der Waals surface area contributed by atoms with Gasteiger partial charge in [0.05, 0.1) is 18.2 Å². The van der Waals surface area contributed by atoms with Crippen molar-refractivity contribution >= 4 is 23.4 Å². The van der Waals surface area contributed by atoms with Gasteiger partial charge in [-0.25, -0.2) is 0 Å². The van der Waals surface area contributed by atoms with Gasteiger partial charge in [-0.3, -0.25) is 14.4 Å². The van der Waals surface area contributed by atoms with Crippen molar-refractivity contribution in [2.75, 3.05) is 19.8 Å². The number of carbonyl (C=O) groups excluding carboxylic acids is 2. The van der Waals surface area contributed by atoms with E-state index < -0.39 is 35.5 Å². The van der Waals surface area contributed by atoms with Crippen LogP contribution in [0.3, 0.4) is 0 Å². The number of allylic oxidation sites excluding steroid dienone is 2. The van der Waals surface area contributed by atoms with Crippen molar-refractivity contribution in [3.05, 3.63) is 47.5 Å². The van der Waals surface area contributed by atoms with Crippen LogP contribution in [0.25, 0.3) is 0 Å². The number of nitrogens with zero attached hydrogens (tertiary/aromatic N) is 1. The third-order valence-electron chi connectivity index (χ3n) is 11.3. The topological polar surface area (TPSA) is 166 Å². The fraction of sp³-hybridized carbons (Fsp3) is 0.636. The number of aliphatic hydroxyl groups excluding tert-OH is 2. The van der Waals surface area contributed by atoms with Gasteiger partial charge in [0.15, 0.2) is 12.4 Å². The van der Waals surface area contributed by atoms with Crippen molar-refractivity contribution in [3.63, 3.8) is 0 Å². The van der Waals surface area contributed by atoms with E-state index in [0.29, 0.717) is 25.7 Å². The second kappa shape index (κ2) is 12.1. The molecule has 0 heterocycles. The Hall–Kier alpha value is -3.08. The normalized spacial score (nSPS) is 36.5. The Kier molecular flexibility index (Phi) is 8.84. The zero-order valence-corrected chi connectivity index (χ0v) is 25.0. The molecule has 4 aliphatic rings. The summed E-state index contributed by atoms with van der Waals surface area (Å²) >= 11 is 0. The van der Waals surface area contributed by atoms with Gasteiger partial charge in [-0.15, -0.1) is 0 Å². The molecule has 3 saturated carbocycles. The summed E-state index contributed by atoms with van der Waals surface area (Å²) in [4.78, 5) is 41.8. The lowest BCUT2D eigenvalue weighted by Gasteiger charge is -2.60. The van der Waals surface area contributed by atoms with Gasteiger partial charge in [0.1, 0.15) is 12.2 Å². The first-order chi connectivity index (χ1) is 20.4. The number of hydrogen-bond donors (Lipinski definition) is 5. The zero-order chi connectivity index (χ0) is 31.0. The van der Waals surface area contributed by atoms with Gasteiger partial charge in [0, 0.05) is 17.9 Å². The highest BCUT2D eigenvalue weighted by Crippen LogP contribution is 2.67. The number of carboxylic acid groups (broad SMARTS) is 1. The number of benzene rings is 1. The molecule has 0 spiro atoms. The van der Waals surface area contributed by atoms with Crippen molar-refractivity contribution < 1.29 is 39.6 Å². The minimum atomic E-state index is -1.61. The van der Waals surface area contributed by atoms with Crippen molar-refractivity contribution in [1.29, 1.82) is 0 Å². The fourth-order valence-electron chi connectivity index (χ4n) is 9.07. The van der Waals surface area contributed by atoms with Gasteiger partial charge < -0.3 is 30.6 Å². The maximum atomic E-state index is 12.6. The largest absolute Gasteiger partial charge is 0.481 e. The predicted octanol–water partition coefficient (Wildman–Crippen LogP) is 2.96. The smallest absolute Gasteiger partial charge is 0.304 e. The molecule has 10 heteroatoms. The molecule has 43 heavy (non-hydrogen) atoms. The minimum Gasteiger partial charge on any atom is -0.481 e. The number of carbonyl (C=O) groups is 3. The first-order valence-electron chi connectivity index (χ1n) is 15.4. The molecule has 0 aliphatic heterocycles. The first-order valence-corrected chi connectivity index (χ1v) is 15.4. The van der Waals surface area contributed by atoms with E-state index >= 15 is 0 Å². The van der Waals surface area contributed by atoms with Gasteiger partial charge in [-0.05, 0) is 79.8 Å². The predicted molar refractivity (Wildman–Crippen MR) is 158 cm³/mol. The van der Waals surface area contributed by atoms with E-state index in [2.05, 4.69) is 17.4 Å². The summed E-state index contributed by atoms with van der Waals surface area (Å²) in [5.41, 5.74) is 0.157.